The Labute approximate surface area is 121 Å². The minimum Gasteiger partial charge on any atom is -0.497 e. The first-order valence-electron chi connectivity index (χ1n) is 6.15. The van der Waals surface area contributed by atoms with E-state index in [-0.39, 0.29) is 0 Å². The zero-order chi connectivity index (χ0) is 13.7. The summed E-state index contributed by atoms with van der Waals surface area (Å²) in [5.74, 6) is 0.839. The molecule has 1 N–H and O–H groups in total. The molecule has 0 aliphatic heterocycles. The van der Waals surface area contributed by atoms with Gasteiger partial charge in [-0.25, -0.2) is 4.68 Å². The quantitative estimate of drug-likeness (QED) is 0.885. The number of rotatable bonds is 6. The Morgan fingerprint density at radius 1 is 1.42 bits per heavy atom. The maximum atomic E-state index is 5.23. The van der Waals surface area contributed by atoms with Gasteiger partial charge in [-0.15, -0.1) is 5.10 Å². The summed E-state index contributed by atoms with van der Waals surface area (Å²) < 4.78 is 8.09. The fraction of sp³-hybridized carbons (Fsp3) is 0.385. The maximum absolute atomic E-state index is 5.23. The Bertz CT molecular complexity index is 541. The van der Waals surface area contributed by atoms with E-state index in [1.165, 1.54) is 0 Å². The second-order valence-corrected chi connectivity index (χ2v) is 5.00. The van der Waals surface area contributed by atoms with Crippen molar-refractivity contribution in [2.45, 2.75) is 20.0 Å². The number of hydrogen-bond acceptors (Lipinski definition) is 4. The number of nitrogens with one attached hydrogen (secondary N) is 1. The third kappa shape index (κ3) is 3.78. The van der Waals surface area contributed by atoms with Gasteiger partial charge < -0.3 is 10.1 Å². The molecule has 2 aromatic rings. The van der Waals surface area contributed by atoms with Gasteiger partial charge in [0.05, 0.1) is 25.5 Å². The van der Waals surface area contributed by atoms with Gasteiger partial charge in [0, 0.05) is 11.0 Å². The summed E-state index contributed by atoms with van der Waals surface area (Å²) >= 11 is 3.54. The Morgan fingerprint density at radius 2 is 2.26 bits per heavy atom. The molecule has 1 aromatic heterocycles. The smallest absolute Gasteiger partial charge is 0.119 e. The SMILES string of the molecule is CCNCc1cn(Cc2cc(OC)ccc2Br)nn1. The summed E-state index contributed by atoms with van der Waals surface area (Å²) in [7, 11) is 1.66. The first kappa shape index (κ1) is 14.0. The first-order chi connectivity index (χ1) is 9.22. The van der Waals surface area contributed by atoms with E-state index in [1.807, 2.05) is 29.1 Å². The van der Waals surface area contributed by atoms with Crippen LogP contribution in [0.3, 0.4) is 0 Å². The van der Waals surface area contributed by atoms with Crippen LogP contribution in [0.4, 0.5) is 0 Å². The summed E-state index contributed by atoms with van der Waals surface area (Å²) in [6.07, 6.45) is 1.95. The lowest BCUT2D eigenvalue weighted by Crippen LogP contribution is -2.11. The zero-order valence-corrected chi connectivity index (χ0v) is 12.6. The van der Waals surface area contributed by atoms with Gasteiger partial charge in [0.1, 0.15) is 5.75 Å². The number of halogens is 1. The second kappa shape index (κ2) is 6.68. The van der Waals surface area contributed by atoms with Crippen molar-refractivity contribution in [1.82, 2.24) is 20.3 Å². The summed E-state index contributed by atoms with van der Waals surface area (Å²) in [6, 6.07) is 5.89. The predicted octanol–water partition coefficient (Wildman–Crippen LogP) is 2.21. The highest BCUT2D eigenvalue weighted by Gasteiger charge is 2.05. The van der Waals surface area contributed by atoms with Gasteiger partial charge in [0.15, 0.2) is 0 Å². The highest BCUT2D eigenvalue weighted by Crippen LogP contribution is 2.23. The molecule has 0 saturated carbocycles. The molecule has 0 amide bonds. The molecule has 2 rings (SSSR count). The van der Waals surface area contributed by atoms with Crippen LogP contribution in [-0.2, 0) is 13.1 Å². The number of aromatic nitrogens is 3. The molecule has 0 fully saturated rings. The third-order valence-corrected chi connectivity index (χ3v) is 3.50. The van der Waals surface area contributed by atoms with Crippen LogP contribution >= 0.6 is 15.9 Å². The van der Waals surface area contributed by atoms with Gasteiger partial charge in [-0.05, 0) is 30.3 Å². The van der Waals surface area contributed by atoms with Crippen LogP contribution in [0, 0.1) is 0 Å². The molecule has 0 bridgehead atoms. The van der Waals surface area contributed by atoms with E-state index < -0.39 is 0 Å². The summed E-state index contributed by atoms with van der Waals surface area (Å²) in [5.41, 5.74) is 2.06. The molecule has 0 aliphatic carbocycles. The second-order valence-electron chi connectivity index (χ2n) is 4.15. The fourth-order valence-corrected chi connectivity index (χ4v) is 2.10. The Hall–Kier alpha value is -1.40. The molecule has 102 valence electrons. The fourth-order valence-electron chi connectivity index (χ4n) is 1.72. The van der Waals surface area contributed by atoms with Crippen LogP contribution in [0.25, 0.3) is 0 Å². The van der Waals surface area contributed by atoms with Crippen molar-refractivity contribution >= 4 is 15.9 Å². The van der Waals surface area contributed by atoms with Crippen molar-refractivity contribution in [3.63, 3.8) is 0 Å². The van der Waals surface area contributed by atoms with Crippen LogP contribution in [-0.4, -0.2) is 28.6 Å². The average Bonchev–Trinajstić information content (AvgIpc) is 2.86. The van der Waals surface area contributed by atoms with Gasteiger partial charge in [-0.2, -0.15) is 0 Å². The van der Waals surface area contributed by atoms with Crippen molar-refractivity contribution in [2.24, 2.45) is 0 Å². The number of methoxy groups -OCH3 is 1. The monoisotopic (exact) mass is 324 g/mol. The Kier molecular flexibility index (Phi) is 4.93. The largest absolute Gasteiger partial charge is 0.497 e. The van der Waals surface area contributed by atoms with Crippen molar-refractivity contribution in [2.75, 3.05) is 13.7 Å². The van der Waals surface area contributed by atoms with E-state index in [4.69, 9.17) is 4.74 Å². The normalized spacial score (nSPS) is 10.7. The minimum atomic E-state index is 0.664. The molecular formula is C13H17BrN4O. The lowest BCUT2D eigenvalue weighted by molar-refractivity contribution is 0.414. The highest BCUT2D eigenvalue weighted by atomic mass is 79.9. The number of nitrogens with zero attached hydrogens (tertiary/aromatic N) is 3. The Balaban J connectivity index is 2.10. The molecule has 0 saturated heterocycles. The van der Waals surface area contributed by atoms with E-state index >= 15 is 0 Å². The van der Waals surface area contributed by atoms with E-state index in [2.05, 4.69) is 38.5 Å². The van der Waals surface area contributed by atoms with Gasteiger partial charge in [0.25, 0.3) is 0 Å². The minimum absolute atomic E-state index is 0.664. The predicted molar refractivity (Wildman–Crippen MR) is 77.2 cm³/mol. The topological polar surface area (TPSA) is 52.0 Å². The molecule has 1 heterocycles. The van der Waals surface area contributed by atoms with Gasteiger partial charge in [-0.1, -0.05) is 28.1 Å². The van der Waals surface area contributed by atoms with Crippen molar-refractivity contribution in [3.05, 3.63) is 40.1 Å². The van der Waals surface area contributed by atoms with Crippen molar-refractivity contribution in [1.29, 1.82) is 0 Å². The molecule has 0 spiro atoms. The molecule has 5 nitrogen and oxygen atoms in total. The lowest BCUT2D eigenvalue weighted by atomic mass is 10.2. The summed E-state index contributed by atoms with van der Waals surface area (Å²) in [5, 5.41) is 11.5. The van der Waals surface area contributed by atoms with Gasteiger partial charge in [-0.3, -0.25) is 0 Å². The molecular weight excluding hydrogens is 308 g/mol. The molecule has 1 aromatic carbocycles. The van der Waals surface area contributed by atoms with E-state index in [0.29, 0.717) is 6.54 Å². The molecule has 6 heteroatoms. The van der Waals surface area contributed by atoms with Crippen LogP contribution in [0.15, 0.2) is 28.9 Å². The molecule has 0 aliphatic rings. The third-order valence-electron chi connectivity index (χ3n) is 2.73. The van der Waals surface area contributed by atoms with E-state index in [9.17, 15) is 0 Å². The van der Waals surface area contributed by atoms with Crippen molar-refractivity contribution < 1.29 is 4.74 Å². The summed E-state index contributed by atoms with van der Waals surface area (Å²) in [6.45, 7) is 4.40. The van der Waals surface area contributed by atoms with E-state index in [1.54, 1.807) is 7.11 Å². The van der Waals surface area contributed by atoms with Crippen LogP contribution in [0.1, 0.15) is 18.2 Å². The average molecular weight is 325 g/mol. The Morgan fingerprint density at radius 3 is 3.00 bits per heavy atom. The molecule has 0 radical (unpaired) electrons. The van der Waals surface area contributed by atoms with Crippen LogP contribution in [0.5, 0.6) is 5.75 Å². The molecule has 0 atom stereocenters. The number of ether oxygens (including phenoxy) is 1. The van der Waals surface area contributed by atoms with Gasteiger partial charge in [0.2, 0.25) is 0 Å². The van der Waals surface area contributed by atoms with E-state index in [0.717, 1.165) is 34.6 Å². The number of hydrogen-bond donors (Lipinski definition) is 1. The zero-order valence-electron chi connectivity index (χ0n) is 11.1. The first-order valence-corrected chi connectivity index (χ1v) is 6.94. The van der Waals surface area contributed by atoms with Crippen LogP contribution < -0.4 is 10.1 Å². The standard InChI is InChI=1S/C13H17BrN4O/c1-3-15-7-11-9-18(17-16-11)8-10-6-12(19-2)4-5-13(10)14/h4-6,9,15H,3,7-8H2,1-2H3. The van der Waals surface area contributed by atoms with Gasteiger partial charge >= 0.3 is 0 Å². The van der Waals surface area contributed by atoms with Crippen LogP contribution in [0.2, 0.25) is 0 Å². The maximum Gasteiger partial charge on any atom is 0.119 e. The highest BCUT2D eigenvalue weighted by molar-refractivity contribution is 9.10. The molecule has 19 heavy (non-hydrogen) atoms. The molecule has 0 unspecified atom stereocenters. The van der Waals surface area contributed by atoms with Crippen molar-refractivity contribution in [3.8, 4) is 5.75 Å². The summed E-state index contributed by atoms with van der Waals surface area (Å²) in [4.78, 5) is 0. The number of benzene rings is 1. The lowest BCUT2D eigenvalue weighted by Gasteiger charge is -2.06.